The minimum atomic E-state index is -3.80. The highest BCUT2D eigenvalue weighted by atomic mass is 28.4. The lowest BCUT2D eigenvalue weighted by atomic mass is 10.3. The molecule has 0 radical (unpaired) electrons. The van der Waals surface area contributed by atoms with E-state index in [0.717, 1.165) is 19.9 Å². The van der Waals surface area contributed by atoms with Crippen LogP contribution in [0, 0.1) is 0 Å². The molecule has 0 aliphatic heterocycles. The standard InChI is InChI=1S/C12H18O7Si/c1-5-7-20(17-9(3)13,18-10(4)14)19-12(16)8-11(15)6-2/h6H,2,5,7-8H2,1,3-4H3. The van der Waals surface area contributed by atoms with Gasteiger partial charge in [0.25, 0.3) is 11.9 Å². The van der Waals surface area contributed by atoms with Crippen LogP contribution in [0.2, 0.25) is 6.04 Å². The number of allylic oxidation sites excluding steroid dienone is 1. The normalized spacial score (nSPS) is 10.3. The fraction of sp³-hybridized carbons (Fsp3) is 0.500. The Morgan fingerprint density at radius 2 is 1.55 bits per heavy atom. The van der Waals surface area contributed by atoms with Crippen LogP contribution in [0.4, 0.5) is 0 Å². The summed E-state index contributed by atoms with van der Waals surface area (Å²) in [4.78, 5) is 45.0. The van der Waals surface area contributed by atoms with Crippen molar-refractivity contribution in [3.05, 3.63) is 12.7 Å². The lowest BCUT2D eigenvalue weighted by molar-refractivity contribution is -0.149. The van der Waals surface area contributed by atoms with Crippen LogP contribution in [0.25, 0.3) is 0 Å². The van der Waals surface area contributed by atoms with E-state index in [-0.39, 0.29) is 6.04 Å². The molecule has 0 unspecified atom stereocenters. The first-order valence-electron chi connectivity index (χ1n) is 6.01. The number of carbonyl (C=O) groups is 4. The van der Waals surface area contributed by atoms with Crippen molar-refractivity contribution in [1.82, 2.24) is 0 Å². The highest BCUT2D eigenvalue weighted by molar-refractivity contribution is 6.65. The topological polar surface area (TPSA) is 96.0 Å². The SMILES string of the molecule is C=CC(=O)CC(=O)O[Si](CCC)(OC(C)=O)OC(C)=O. The van der Waals surface area contributed by atoms with Gasteiger partial charge in [0.05, 0.1) is 6.04 Å². The van der Waals surface area contributed by atoms with Gasteiger partial charge in [-0.25, -0.2) is 0 Å². The summed E-state index contributed by atoms with van der Waals surface area (Å²) in [7, 11) is -3.80. The molecule has 0 atom stereocenters. The van der Waals surface area contributed by atoms with Crippen LogP contribution in [0.5, 0.6) is 0 Å². The van der Waals surface area contributed by atoms with Gasteiger partial charge in [-0.1, -0.05) is 13.5 Å². The Morgan fingerprint density at radius 3 is 1.90 bits per heavy atom. The Bertz CT molecular complexity index is 400. The number of hydrogen-bond donors (Lipinski definition) is 0. The third-order valence-corrected chi connectivity index (χ3v) is 4.82. The Kier molecular flexibility index (Phi) is 7.45. The molecule has 0 amide bonds. The third-order valence-electron chi connectivity index (χ3n) is 1.97. The summed E-state index contributed by atoms with van der Waals surface area (Å²) in [6.45, 7) is 7.20. The molecule has 0 spiro atoms. The molecule has 0 aliphatic carbocycles. The maximum atomic E-state index is 11.6. The molecule has 0 aromatic rings. The molecule has 0 aromatic carbocycles. The van der Waals surface area contributed by atoms with E-state index in [4.69, 9.17) is 13.3 Å². The molecule has 0 aliphatic rings. The van der Waals surface area contributed by atoms with E-state index in [2.05, 4.69) is 6.58 Å². The molecule has 0 N–H and O–H groups in total. The number of carbonyl (C=O) groups excluding carboxylic acids is 4. The lowest BCUT2D eigenvalue weighted by Gasteiger charge is -2.26. The van der Waals surface area contributed by atoms with Gasteiger partial charge in [0.2, 0.25) is 0 Å². The van der Waals surface area contributed by atoms with Crippen LogP contribution in [0.3, 0.4) is 0 Å². The van der Waals surface area contributed by atoms with E-state index in [1.54, 1.807) is 6.92 Å². The van der Waals surface area contributed by atoms with Gasteiger partial charge in [-0.15, -0.1) is 0 Å². The predicted molar refractivity (Wildman–Crippen MR) is 70.3 cm³/mol. The molecular formula is C12H18O7Si. The molecule has 0 bridgehead atoms. The summed E-state index contributed by atoms with van der Waals surface area (Å²) >= 11 is 0. The zero-order valence-corrected chi connectivity index (χ0v) is 12.8. The fourth-order valence-corrected chi connectivity index (χ4v) is 3.72. The van der Waals surface area contributed by atoms with Crippen LogP contribution in [-0.4, -0.2) is 32.5 Å². The van der Waals surface area contributed by atoms with Crippen molar-refractivity contribution < 1.29 is 32.5 Å². The van der Waals surface area contributed by atoms with Gasteiger partial charge >= 0.3 is 14.8 Å². The first-order valence-corrected chi connectivity index (χ1v) is 7.94. The predicted octanol–water partition coefficient (Wildman–Crippen LogP) is 1.15. The number of ketones is 1. The first-order chi connectivity index (χ1) is 9.24. The average molecular weight is 302 g/mol. The summed E-state index contributed by atoms with van der Waals surface area (Å²) < 4.78 is 14.9. The van der Waals surface area contributed by atoms with Crippen molar-refractivity contribution in [2.75, 3.05) is 0 Å². The maximum Gasteiger partial charge on any atom is 0.705 e. The van der Waals surface area contributed by atoms with Crippen molar-refractivity contribution in [3.63, 3.8) is 0 Å². The molecule has 8 heteroatoms. The van der Waals surface area contributed by atoms with E-state index in [0.29, 0.717) is 6.42 Å². The summed E-state index contributed by atoms with van der Waals surface area (Å²) in [6.07, 6.45) is 0.891. The zero-order chi connectivity index (χ0) is 15.8. The third kappa shape index (κ3) is 6.83. The molecule has 0 saturated heterocycles. The minimum absolute atomic E-state index is 0.0974. The summed E-state index contributed by atoms with van der Waals surface area (Å²) in [6, 6.07) is 0.0974. The second-order valence-corrected chi connectivity index (χ2v) is 6.42. The van der Waals surface area contributed by atoms with Gasteiger partial charge in [0.15, 0.2) is 5.78 Å². The molecule has 0 saturated carbocycles. The second-order valence-electron chi connectivity index (χ2n) is 3.94. The highest BCUT2D eigenvalue weighted by Crippen LogP contribution is 2.19. The van der Waals surface area contributed by atoms with Gasteiger partial charge in [-0.2, -0.15) is 0 Å². The van der Waals surface area contributed by atoms with Crippen LogP contribution in [0.15, 0.2) is 12.7 Å². The van der Waals surface area contributed by atoms with Crippen LogP contribution < -0.4 is 0 Å². The molecule has 0 heterocycles. The van der Waals surface area contributed by atoms with Gasteiger partial charge in [-0.3, -0.25) is 19.2 Å². The van der Waals surface area contributed by atoms with Crippen molar-refractivity contribution in [2.24, 2.45) is 0 Å². The Hall–Kier alpha value is -1.96. The zero-order valence-electron chi connectivity index (χ0n) is 11.8. The summed E-state index contributed by atoms with van der Waals surface area (Å²) in [5.41, 5.74) is 0. The van der Waals surface area contributed by atoms with Gasteiger partial charge in [0.1, 0.15) is 6.42 Å². The molecule has 20 heavy (non-hydrogen) atoms. The molecule has 112 valence electrons. The first kappa shape index (κ1) is 18.0. The van der Waals surface area contributed by atoms with E-state index in [1.807, 2.05) is 0 Å². The minimum Gasteiger partial charge on any atom is -0.455 e. The monoisotopic (exact) mass is 302 g/mol. The Morgan fingerprint density at radius 1 is 1.05 bits per heavy atom. The van der Waals surface area contributed by atoms with Gasteiger partial charge < -0.3 is 13.3 Å². The molecule has 7 nitrogen and oxygen atoms in total. The smallest absolute Gasteiger partial charge is 0.455 e. The van der Waals surface area contributed by atoms with E-state index >= 15 is 0 Å². The lowest BCUT2D eigenvalue weighted by Crippen LogP contribution is -2.49. The largest absolute Gasteiger partial charge is 0.705 e. The number of rotatable bonds is 8. The van der Waals surface area contributed by atoms with Gasteiger partial charge in [-0.05, 0) is 12.5 Å². The fourth-order valence-electron chi connectivity index (χ4n) is 1.38. The van der Waals surface area contributed by atoms with Crippen LogP contribution in [-0.2, 0) is 32.5 Å². The quantitative estimate of drug-likeness (QED) is 0.377. The van der Waals surface area contributed by atoms with E-state index < -0.39 is 38.9 Å². The molecule has 0 fully saturated rings. The van der Waals surface area contributed by atoms with Gasteiger partial charge in [0, 0.05) is 13.8 Å². The Labute approximate surface area is 118 Å². The van der Waals surface area contributed by atoms with Crippen molar-refractivity contribution >= 4 is 32.5 Å². The molecule has 0 rings (SSSR count). The summed E-state index contributed by atoms with van der Waals surface area (Å²) in [5.74, 6) is -2.92. The maximum absolute atomic E-state index is 11.6. The second kappa shape index (κ2) is 8.26. The van der Waals surface area contributed by atoms with Crippen molar-refractivity contribution in [1.29, 1.82) is 0 Å². The molecule has 0 aromatic heterocycles. The van der Waals surface area contributed by atoms with Crippen molar-refractivity contribution in [2.45, 2.75) is 39.7 Å². The van der Waals surface area contributed by atoms with Crippen molar-refractivity contribution in [3.8, 4) is 0 Å². The highest BCUT2D eigenvalue weighted by Gasteiger charge is 2.51. The Balaban J connectivity index is 5.09. The summed E-state index contributed by atoms with van der Waals surface area (Å²) in [5, 5.41) is 0. The molecular weight excluding hydrogens is 284 g/mol. The van der Waals surface area contributed by atoms with E-state index in [9.17, 15) is 19.2 Å². The van der Waals surface area contributed by atoms with Crippen LogP contribution >= 0.6 is 0 Å². The average Bonchev–Trinajstić information content (AvgIpc) is 2.26. The van der Waals surface area contributed by atoms with E-state index in [1.165, 1.54) is 0 Å². The number of hydrogen-bond acceptors (Lipinski definition) is 7. The van der Waals surface area contributed by atoms with Crippen LogP contribution in [0.1, 0.15) is 33.6 Å².